The van der Waals surface area contributed by atoms with Gasteiger partial charge in [0.15, 0.2) is 5.82 Å². The lowest BCUT2D eigenvalue weighted by atomic mass is 9.84. The van der Waals surface area contributed by atoms with E-state index in [0.29, 0.717) is 35.1 Å². The van der Waals surface area contributed by atoms with E-state index >= 15 is 0 Å². The molecular weight excluding hydrogens is 357 g/mol. The van der Waals surface area contributed by atoms with E-state index in [9.17, 15) is 9.50 Å². The van der Waals surface area contributed by atoms with Crippen molar-refractivity contribution in [3.8, 4) is 17.0 Å². The number of hydrogen-bond acceptors (Lipinski definition) is 6. The molecule has 7 heteroatoms. The molecule has 0 amide bonds. The van der Waals surface area contributed by atoms with Gasteiger partial charge in [0, 0.05) is 41.3 Å². The van der Waals surface area contributed by atoms with E-state index in [1.54, 1.807) is 24.7 Å². The minimum Gasteiger partial charge on any atom is -0.507 e. The summed E-state index contributed by atoms with van der Waals surface area (Å²) in [6, 6.07) is 5.58. The normalized spacial score (nSPS) is 26.5. The second-order valence-corrected chi connectivity index (χ2v) is 7.62. The van der Waals surface area contributed by atoms with E-state index in [0.717, 1.165) is 23.6 Å². The van der Waals surface area contributed by atoms with Gasteiger partial charge in [-0.05, 0) is 48.4 Å². The van der Waals surface area contributed by atoms with Crippen LogP contribution in [0.2, 0.25) is 0 Å². The monoisotopic (exact) mass is 377 g/mol. The molecule has 5 rings (SSSR count). The number of phenols is 1. The minimum atomic E-state index is -0.979. The maximum Gasteiger partial charge on any atom is 0.177 e. The van der Waals surface area contributed by atoms with Gasteiger partial charge in [0.25, 0.3) is 0 Å². The molecule has 3 aromatic rings. The summed E-state index contributed by atoms with van der Waals surface area (Å²) in [4.78, 5) is 8.43. The number of phenolic OH excluding ortho intramolecular Hbond substituents is 1. The molecule has 2 aromatic heterocycles. The molecule has 2 bridgehead atoms. The van der Waals surface area contributed by atoms with Gasteiger partial charge in [0.05, 0.1) is 6.20 Å². The Hall–Kier alpha value is -2.93. The SMILES string of the molecule is C=C(c1ncc(-c2cc3ccncc3cc2O)nn1)[C@H]1CC2CCC(N2)[C@H]1F. The molecule has 0 radical (unpaired) electrons. The number of hydrogen-bond donors (Lipinski definition) is 2. The predicted octanol–water partition coefficient (Wildman–Crippen LogP) is 3.28. The molecule has 2 aliphatic rings. The zero-order chi connectivity index (χ0) is 19.3. The number of aromatic hydroxyl groups is 1. The third kappa shape index (κ3) is 2.82. The van der Waals surface area contributed by atoms with Crippen molar-refractivity contribution < 1.29 is 9.50 Å². The van der Waals surface area contributed by atoms with Crippen molar-refractivity contribution in [2.75, 3.05) is 0 Å². The first-order chi connectivity index (χ1) is 13.6. The fourth-order valence-electron chi connectivity index (χ4n) is 4.38. The zero-order valence-corrected chi connectivity index (χ0v) is 15.2. The number of pyridine rings is 1. The first-order valence-corrected chi connectivity index (χ1v) is 9.46. The number of piperidine rings is 1. The summed E-state index contributed by atoms with van der Waals surface area (Å²) in [7, 11) is 0. The molecule has 2 aliphatic heterocycles. The van der Waals surface area contributed by atoms with Crippen molar-refractivity contribution in [3.05, 3.63) is 49.2 Å². The van der Waals surface area contributed by atoms with Crippen LogP contribution in [0.15, 0.2) is 43.4 Å². The zero-order valence-electron chi connectivity index (χ0n) is 15.2. The summed E-state index contributed by atoms with van der Waals surface area (Å²) >= 11 is 0. The quantitative estimate of drug-likeness (QED) is 0.729. The summed E-state index contributed by atoms with van der Waals surface area (Å²) in [6.45, 7) is 4.07. The largest absolute Gasteiger partial charge is 0.507 e. The lowest BCUT2D eigenvalue weighted by Crippen LogP contribution is -2.47. The lowest BCUT2D eigenvalue weighted by Gasteiger charge is -2.33. The van der Waals surface area contributed by atoms with Gasteiger partial charge in [0.1, 0.15) is 17.6 Å². The van der Waals surface area contributed by atoms with Gasteiger partial charge in [-0.3, -0.25) is 4.98 Å². The van der Waals surface area contributed by atoms with Crippen molar-refractivity contribution in [1.29, 1.82) is 0 Å². The van der Waals surface area contributed by atoms with Crippen LogP contribution in [0.25, 0.3) is 27.6 Å². The van der Waals surface area contributed by atoms with Gasteiger partial charge in [-0.1, -0.05) is 6.58 Å². The molecule has 6 nitrogen and oxygen atoms in total. The van der Waals surface area contributed by atoms with Crippen LogP contribution in [0.5, 0.6) is 5.75 Å². The molecule has 28 heavy (non-hydrogen) atoms. The summed E-state index contributed by atoms with van der Waals surface area (Å²) in [5.41, 5.74) is 1.59. The third-order valence-electron chi connectivity index (χ3n) is 5.91. The van der Waals surface area contributed by atoms with E-state index < -0.39 is 6.17 Å². The average molecular weight is 377 g/mol. The van der Waals surface area contributed by atoms with Crippen LogP contribution >= 0.6 is 0 Å². The fourth-order valence-corrected chi connectivity index (χ4v) is 4.38. The van der Waals surface area contributed by atoms with Crippen LogP contribution in [0.1, 0.15) is 25.1 Å². The van der Waals surface area contributed by atoms with Crippen LogP contribution in [-0.4, -0.2) is 43.5 Å². The Morgan fingerprint density at radius 3 is 2.89 bits per heavy atom. The topological polar surface area (TPSA) is 83.8 Å². The number of fused-ring (bicyclic) bond motifs is 3. The first kappa shape index (κ1) is 17.2. The van der Waals surface area contributed by atoms with Crippen LogP contribution in [-0.2, 0) is 0 Å². The highest BCUT2D eigenvalue weighted by molar-refractivity contribution is 5.89. The van der Waals surface area contributed by atoms with Gasteiger partial charge < -0.3 is 10.4 Å². The molecule has 0 aliphatic carbocycles. The second kappa shape index (κ2) is 6.60. The highest BCUT2D eigenvalue weighted by Gasteiger charge is 2.43. The lowest BCUT2D eigenvalue weighted by molar-refractivity contribution is 0.167. The van der Waals surface area contributed by atoms with Crippen molar-refractivity contribution >= 4 is 16.3 Å². The van der Waals surface area contributed by atoms with Crippen LogP contribution < -0.4 is 5.32 Å². The highest BCUT2D eigenvalue weighted by Crippen LogP contribution is 2.39. The number of halogens is 1. The van der Waals surface area contributed by atoms with E-state index in [4.69, 9.17) is 0 Å². The molecule has 2 fully saturated rings. The Bertz CT molecular complexity index is 1050. The number of rotatable bonds is 3. The molecular formula is C21H20FN5O. The van der Waals surface area contributed by atoms with Crippen molar-refractivity contribution in [2.24, 2.45) is 5.92 Å². The van der Waals surface area contributed by atoms with Gasteiger partial charge in [-0.25, -0.2) is 9.37 Å². The summed E-state index contributed by atoms with van der Waals surface area (Å²) < 4.78 is 14.8. The number of benzene rings is 1. The number of alkyl halides is 1. The molecule has 1 aromatic carbocycles. The van der Waals surface area contributed by atoms with Crippen molar-refractivity contribution in [3.63, 3.8) is 0 Å². The average Bonchev–Trinajstić information content (AvgIpc) is 3.13. The molecule has 2 saturated heterocycles. The van der Waals surface area contributed by atoms with E-state index in [-0.39, 0.29) is 17.7 Å². The van der Waals surface area contributed by atoms with Crippen molar-refractivity contribution in [1.82, 2.24) is 25.5 Å². The number of allylic oxidation sites excluding steroid dienone is 1. The standard InChI is InChI=1S/C21H20FN5O/c1-11(15-8-14-2-3-17(25-14)20(15)22)21-24-10-18(26-27-21)16-6-12-4-5-23-9-13(12)7-19(16)28/h4-7,9-10,14-15,17,20,25,28H,1-3,8H2/t14?,15-,17?,20+/m1/s1. The van der Waals surface area contributed by atoms with Crippen molar-refractivity contribution in [2.45, 2.75) is 37.5 Å². The van der Waals surface area contributed by atoms with Crippen LogP contribution in [0, 0.1) is 5.92 Å². The molecule has 0 spiro atoms. The predicted molar refractivity (Wildman–Crippen MR) is 104 cm³/mol. The Balaban J connectivity index is 1.43. The molecule has 0 saturated carbocycles. The van der Waals surface area contributed by atoms with Crippen LogP contribution in [0.3, 0.4) is 0 Å². The molecule has 142 valence electrons. The summed E-state index contributed by atoms with van der Waals surface area (Å²) in [6.07, 6.45) is 6.54. The minimum absolute atomic E-state index is 0.0851. The maximum atomic E-state index is 14.8. The maximum absolute atomic E-state index is 14.8. The number of nitrogens with one attached hydrogen (secondary N) is 1. The summed E-state index contributed by atoms with van der Waals surface area (Å²) in [5.74, 6) is 0.164. The van der Waals surface area contributed by atoms with Gasteiger partial charge in [-0.2, -0.15) is 0 Å². The van der Waals surface area contributed by atoms with Gasteiger partial charge >= 0.3 is 0 Å². The molecule has 2 unspecified atom stereocenters. The Morgan fingerprint density at radius 1 is 1.18 bits per heavy atom. The molecule has 4 atom stereocenters. The fraction of sp³-hybridized carbons (Fsp3) is 0.333. The van der Waals surface area contributed by atoms with E-state index in [2.05, 4.69) is 32.1 Å². The Kier molecular flexibility index (Phi) is 4.05. The van der Waals surface area contributed by atoms with Gasteiger partial charge in [-0.15, -0.1) is 10.2 Å². The number of nitrogens with zero attached hydrogens (tertiary/aromatic N) is 4. The second-order valence-electron chi connectivity index (χ2n) is 7.62. The van der Waals surface area contributed by atoms with Crippen LogP contribution in [0.4, 0.5) is 4.39 Å². The Labute approximate surface area is 161 Å². The highest BCUT2D eigenvalue weighted by atomic mass is 19.1. The molecule has 2 N–H and O–H groups in total. The van der Waals surface area contributed by atoms with E-state index in [1.165, 1.54) is 0 Å². The smallest absolute Gasteiger partial charge is 0.177 e. The summed E-state index contributed by atoms with van der Waals surface area (Å²) in [5, 5.41) is 23.9. The van der Waals surface area contributed by atoms with Gasteiger partial charge in [0.2, 0.25) is 0 Å². The van der Waals surface area contributed by atoms with E-state index in [1.807, 2.05) is 12.1 Å². The third-order valence-corrected chi connectivity index (χ3v) is 5.91. The Morgan fingerprint density at radius 2 is 2.07 bits per heavy atom. The molecule has 4 heterocycles. The first-order valence-electron chi connectivity index (χ1n) is 9.46. The number of aromatic nitrogens is 4.